The first-order chi connectivity index (χ1) is 12.7. The minimum Gasteiger partial charge on any atom is -0.306 e. The highest BCUT2D eigenvalue weighted by Crippen LogP contribution is 2.30. The number of sulfonamides is 1. The average molecular weight is 395 g/mol. The van der Waals surface area contributed by atoms with Crippen molar-refractivity contribution in [2.45, 2.75) is 24.0 Å². The minimum absolute atomic E-state index is 0.225. The van der Waals surface area contributed by atoms with Crippen LogP contribution in [0.3, 0.4) is 0 Å². The van der Waals surface area contributed by atoms with Crippen LogP contribution in [0.2, 0.25) is 0 Å². The second kappa shape index (κ2) is 7.16. The lowest BCUT2D eigenvalue weighted by Gasteiger charge is -2.16. The Morgan fingerprint density at radius 2 is 1.67 bits per heavy atom. The number of hydrogen-bond donors (Lipinski definition) is 1. The largest absolute Gasteiger partial charge is 0.416 e. The van der Waals surface area contributed by atoms with E-state index >= 15 is 0 Å². The summed E-state index contributed by atoms with van der Waals surface area (Å²) in [5.74, 6) is 0. The lowest BCUT2D eigenvalue weighted by Crippen LogP contribution is -2.27. The first-order valence-corrected chi connectivity index (χ1v) is 9.43. The van der Waals surface area contributed by atoms with Gasteiger partial charge >= 0.3 is 6.18 Å². The van der Waals surface area contributed by atoms with Gasteiger partial charge < -0.3 is 4.57 Å². The van der Waals surface area contributed by atoms with E-state index in [-0.39, 0.29) is 4.90 Å². The van der Waals surface area contributed by atoms with E-state index < -0.39 is 27.8 Å². The van der Waals surface area contributed by atoms with Crippen LogP contribution in [0.5, 0.6) is 0 Å². The van der Waals surface area contributed by atoms with Gasteiger partial charge in [0.05, 0.1) is 16.8 Å². The maximum Gasteiger partial charge on any atom is 0.416 e. The van der Waals surface area contributed by atoms with Crippen LogP contribution >= 0.6 is 0 Å². The molecule has 1 atom stereocenters. The molecule has 0 spiro atoms. The number of nitrogens with zero attached hydrogens (tertiary/aromatic N) is 2. The second-order valence-electron chi connectivity index (χ2n) is 5.93. The summed E-state index contributed by atoms with van der Waals surface area (Å²) in [6, 6.07) is 10.0. The first-order valence-electron chi connectivity index (χ1n) is 7.95. The summed E-state index contributed by atoms with van der Waals surface area (Å²) in [6.45, 7) is 1.66. The number of aromatic nitrogens is 2. The molecule has 0 aliphatic rings. The summed E-state index contributed by atoms with van der Waals surface area (Å²) < 4.78 is 67.0. The monoisotopic (exact) mass is 395 g/mol. The van der Waals surface area contributed by atoms with Crippen molar-refractivity contribution < 1.29 is 21.6 Å². The molecule has 3 aromatic rings. The maximum atomic E-state index is 12.6. The van der Waals surface area contributed by atoms with Gasteiger partial charge in [0.25, 0.3) is 0 Å². The van der Waals surface area contributed by atoms with Crippen molar-refractivity contribution in [1.29, 1.82) is 0 Å². The van der Waals surface area contributed by atoms with Crippen LogP contribution in [0.4, 0.5) is 13.2 Å². The van der Waals surface area contributed by atoms with Crippen molar-refractivity contribution in [1.82, 2.24) is 14.3 Å². The molecule has 1 N–H and O–H groups in total. The molecule has 0 fully saturated rings. The number of halogens is 3. The van der Waals surface area contributed by atoms with E-state index in [1.807, 2.05) is 12.1 Å². The van der Waals surface area contributed by atoms with E-state index in [0.717, 1.165) is 30.0 Å². The predicted molar refractivity (Wildman–Crippen MR) is 93.7 cm³/mol. The second-order valence-corrected chi connectivity index (χ2v) is 7.64. The molecule has 3 rings (SSSR count). The molecule has 9 heteroatoms. The zero-order valence-corrected chi connectivity index (χ0v) is 15.0. The van der Waals surface area contributed by atoms with Gasteiger partial charge in [0, 0.05) is 24.1 Å². The van der Waals surface area contributed by atoms with E-state index in [0.29, 0.717) is 5.56 Å². The number of alkyl halides is 3. The molecule has 27 heavy (non-hydrogen) atoms. The number of hydrogen-bond acceptors (Lipinski definition) is 3. The van der Waals surface area contributed by atoms with Gasteiger partial charge in [0.1, 0.15) is 0 Å². The topological polar surface area (TPSA) is 64.0 Å². The Morgan fingerprint density at radius 3 is 2.19 bits per heavy atom. The Labute approximate surface area is 154 Å². The van der Waals surface area contributed by atoms with Crippen LogP contribution in [0, 0.1) is 0 Å². The summed E-state index contributed by atoms with van der Waals surface area (Å²) in [7, 11) is -3.96. The van der Waals surface area contributed by atoms with Crippen LogP contribution in [-0.2, 0) is 16.2 Å². The van der Waals surface area contributed by atoms with Gasteiger partial charge in [0.2, 0.25) is 10.0 Å². The fraction of sp³-hybridized carbons (Fsp3) is 0.167. The summed E-state index contributed by atoms with van der Waals surface area (Å²) in [5, 5.41) is 0. The Kier molecular flexibility index (Phi) is 5.07. The SMILES string of the molecule is C[C@H](NS(=O)(=O)c1ccc(C(F)(F)F)cc1)c1ccc(-n2ccnc2)cc1. The summed E-state index contributed by atoms with van der Waals surface area (Å²) in [4.78, 5) is 3.74. The van der Waals surface area contributed by atoms with Gasteiger partial charge in [0.15, 0.2) is 0 Å². The average Bonchev–Trinajstić information content (AvgIpc) is 3.15. The highest BCUT2D eigenvalue weighted by atomic mass is 32.2. The van der Waals surface area contributed by atoms with Crippen molar-refractivity contribution in [2.75, 3.05) is 0 Å². The van der Waals surface area contributed by atoms with Crippen LogP contribution < -0.4 is 4.72 Å². The van der Waals surface area contributed by atoms with Gasteiger partial charge in [-0.1, -0.05) is 12.1 Å². The Balaban J connectivity index is 1.75. The van der Waals surface area contributed by atoms with E-state index in [2.05, 4.69) is 9.71 Å². The fourth-order valence-electron chi connectivity index (χ4n) is 2.54. The van der Waals surface area contributed by atoms with Crippen LogP contribution in [-0.4, -0.2) is 18.0 Å². The lowest BCUT2D eigenvalue weighted by molar-refractivity contribution is -0.137. The number of imidazole rings is 1. The summed E-state index contributed by atoms with van der Waals surface area (Å²) >= 11 is 0. The number of nitrogens with one attached hydrogen (secondary N) is 1. The number of benzene rings is 2. The van der Waals surface area contributed by atoms with Gasteiger partial charge in [-0.25, -0.2) is 18.1 Å². The molecule has 0 unspecified atom stereocenters. The normalized spacial score (nSPS) is 13.5. The van der Waals surface area contributed by atoms with Crippen LogP contribution in [0.1, 0.15) is 24.1 Å². The molecule has 2 aromatic carbocycles. The van der Waals surface area contributed by atoms with Gasteiger partial charge in [-0.15, -0.1) is 0 Å². The fourth-order valence-corrected chi connectivity index (χ4v) is 3.77. The standard InChI is InChI=1S/C18H16F3N3O2S/c1-13(14-2-6-16(7-3-14)24-11-10-22-12-24)23-27(25,26)17-8-4-15(5-9-17)18(19,20)21/h2-13,23H,1H3/t13-/m0/s1. The summed E-state index contributed by atoms with van der Waals surface area (Å²) in [6.07, 6.45) is 0.562. The quantitative estimate of drug-likeness (QED) is 0.712. The minimum atomic E-state index is -4.51. The van der Waals surface area contributed by atoms with E-state index in [4.69, 9.17) is 0 Å². The summed E-state index contributed by atoms with van der Waals surface area (Å²) in [5.41, 5.74) is 0.688. The maximum absolute atomic E-state index is 12.6. The predicted octanol–water partition coefficient (Wildman–Crippen LogP) is 3.93. The van der Waals surface area contributed by atoms with Gasteiger partial charge in [-0.2, -0.15) is 13.2 Å². The van der Waals surface area contributed by atoms with Crippen molar-refractivity contribution in [3.05, 3.63) is 78.4 Å². The van der Waals surface area contributed by atoms with Crippen molar-refractivity contribution in [3.63, 3.8) is 0 Å². The van der Waals surface area contributed by atoms with Crippen molar-refractivity contribution >= 4 is 10.0 Å². The molecule has 0 saturated heterocycles. The molecule has 0 radical (unpaired) electrons. The Hall–Kier alpha value is -2.65. The molecule has 0 aliphatic heterocycles. The molecule has 1 heterocycles. The van der Waals surface area contributed by atoms with E-state index in [1.165, 1.54) is 0 Å². The zero-order chi connectivity index (χ0) is 19.7. The third-order valence-electron chi connectivity index (χ3n) is 4.02. The van der Waals surface area contributed by atoms with Crippen molar-refractivity contribution in [3.8, 4) is 5.69 Å². The van der Waals surface area contributed by atoms with E-state index in [9.17, 15) is 21.6 Å². The third kappa shape index (κ3) is 4.37. The molecule has 0 saturated carbocycles. The molecule has 1 aromatic heterocycles. The molecule has 0 aliphatic carbocycles. The third-order valence-corrected chi connectivity index (χ3v) is 5.58. The highest BCUT2D eigenvalue weighted by Gasteiger charge is 2.30. The van der Waals surface area contributed by atoms with Gasteiger partial charge in [-0.3, -0.25) is 0 Å². The van der Waals surface area contributed by atoms with E-state index in [1.54, 1.807) is 42.3 Å². The smallest absolute Gasteiger partial charge is 0.306 e. The molecule has 0 amide bonds. The van der Waals surface area contributed by atoms with Gasteiger partial charge in [-0.05, 0) is 48.9 Å². The van der Waals surface area contributed by atoms with Crippen LogP contribution in [0.15, 0.2) is 72.1 Å². The molecule has 142 valence electrons. The highest BCUT2D eigenvalue weighted by molar-refractivity contribution is 7.89. The Bertz CT molecular complexity index is 998. The molecule has 5 nitrogen and oxygen atoms in total. The van der Waals surface area contributed by atoms with Crippen molar-refractivity contribution in [2.24, 2.45) is 0 Å². The first kappa shape index (κ1) is 19.1. The number of rotatable bonds is 5. The zero-order valence-electron chi connectivity index (χ0n) is 14.2. The molecular weight excluding hydrogens is 379 g/mol. The van der Waals surface area contributed by atoms with Crippen LogP contribution in [0.25, 0.3) is 5.69 Å². The molecule has 0 bridgehead atoms. The molecular formula is C18H16F3N3O2S. The lowest BCUT2D eigenvalue weighted by atomic mass is 10.1. The Morgan fingerprint density at radius 1 is 1.04 bits per heavy atom.